The van der Waals surface area contributed by atoms with E-state index in [2.05, 4.69) is 15.6 Å². The van der Waals surface area contributed by atoms with Crippen LogP contribution in [0.1, 0.15) is 10.4 Å². The van der Waals surface area contributed by atoms with Gasteiger partial charge in [0.2, 0.25) is 0 Å². The lowest BCUT2D eigenvalue weighted by molar-refractivity contribution is 0.102. The average Bonchev–Trinajstić information content (AvgIpc) is 2.57. The second kappa shape index (κ2) is 6.54. The monoisotopic (exact) mass is 289 g/mol. The number of rotatable bonds is 4. The molecule has 0 atom stereocenters. The molecule has 4 nitrogen and oxygen atoms in total. The highest BCUT2D eigenvalue weighted by Gasteiger charge is 2.11. The lowest BCUT2D eigenvalue weighted by atomic mass is 10.1. The average molecular weight is 289 g/mol. The van der Waals surface area contributed by atoms with Crippen molar-refractivity contribution in [1.29, 1.82) is 0 Å². The maximum atomic E-state index is 12.5. The number of hydrogen-bond donors (Lipinski definition) is 2. The molecule has 22 heavy (non-hydrogen) atoms. The fourth-order valence-corrected chi connectivity index (χ4v) is 2.10. The van der Waals surface area contributed by atoms with Crippen molar-refractivity contribution in [3.8, 4) is 0 Å². The topological polar surface area (TPSA) is 54.0 Å². The molecule has 3 aromatic rings. The molecule has 2 N–H and O–H groups in total. The Bertz CT molecular complexity index is 758. The van der Waals surface area contributed by atoms with E-state index in [0.717, 1.165) is 17.1 Å². The van der Waals surface area contributed by atoms with Crippen molar-refractivity contribution in [3.05, 3.63) is 84.7 Å². The summed E-state index contributed by atoms with van der Waals surface area (Å²) in [6.07, 6.45) is 3.29. The Hall–Kier alpha value is -3.14. The Balaban J connectivity index is 1.83. The molecule has 2 aromatic carbocycles. The zero-order valence-corrected chi connectivity index (χ0v) is 11.9. The number of amides is 1. The highest BCUT2D eigenvalue weighted by molar-refractivity contribution is 6.08. The van der Waals surface area contributed by atoms with Gasteiger partial charge in [-0.2, -0.15) is 0 Å². The molecular formula is C18H15N3O. The van der Waals surface area contributed by atoms with Gasteiger partial charge in [0.05, 0.1) is 11.3 Å². The maximum Gasteiger partial charge on any atom is 0.257 e. The molecule has 1 heterocycles. The van der Waals surface area contributed by atoms with Crippen molar-refractivity contribution in [2.24, 2.45) is 0 Å². The van der Waals surface area contributed by atoms with Gasteiger partial charge < -0.3 is 10.6 Å². The van der Waals surface area contributed by atoms with Crippen molar-refractivity contribution in [2.75, 3.05) is 10.6 Å². The Labute approximate surface area is 128 Å². The highest BCUT2D eigenvalue weighted by Crippen LogP contribution is 2.21. The lowest BCUT2D eigenvalue weighted by Gasteiger charge is -2.12. The zero-order valence-electron chi connectivity index (χ0n) is 11.9. The summed E-state index contributed by atoms with van der Waals surface area (Å²) in [5, 5.41) is 6.13. The number of para-hydroxylation sites is 2. The van der Waals surface area contributed by atoms with Gasteiger partial charge in [0.1, 0.15) is 0 Å². The zero-order chi connectivity index (χ0) is 15.2. The van der Waals surface area contributed by atoms with Crippen LogP contribution >= 0.6 is 0 Å². The van der Waals surface area contributed by atoms with Crippen LogP contribution in [0.3, 0.4) is 0 Å². The van der Waals surface area contributed by atoms with Gasteiger partial charge in [0.25, 0.3) is 5.91 Å². The third-order valence-electron chi connectivity index (χ3n) is 3.16. The Morgan fingerprint density at radius 3 is 2.23 bits per heavy atom. The standard InChI is InChI=1S/C18H15N3O/c22-18(21-15-10-12-19-13-11-15)16-8-4-5-9-17(16)20-14-6-2-1-3-7-14/h1-13,20H,(H,19,21,22). The van der Waals surface area contributed by atoms with Crippen LogP contribution in [0, 0.1) is 0 Å². The molecule has 1 amide bonds. The van der Waals surface area contributed by atoms with E-state index in [0.29, 0.717) is 5.56 Å². The number of carbonyl (C=O) groups is 1. The minimum absolute atomic E-state index is 0.162. The van der Waals surface area contributed by atoms with Crippen LogP contribution in [0.4, 0.5) is 17.1 Å². The molecular weight excluding hydrogens is 274 g/mol. The van der Waals surface area contributed by atoms with E-state index in [1.165, 1.54) is 0 Å². The summed E-state index contributed by atoms with van der Waals surface area (Å²) in [5.74, 6) is -0.162. The first-order valence-corrected chi connectivity index (χ1v) is 6.95. The van der Waals surface area contributed by atoms with Crippen LogP contribution in [0.2, 0.25) is 0 Å². The van der Waals surface area contributed by atoms with E-state index in [9.17, 15) is 4.79 Å². The van der Waals surface area contributed by atoms with Gasteiger partial charge in [0.15, 0.2) is 0 Å². The molecule has 0 radical (unpaired) electrons. The molecule has 108 valence electrons. The fraction of sp³-hybridized carbons (Fsp3) is 0. The largest absolute Gasteiger partial charge is 0.355 e. The summed E-state index contributed by atoms with van der Waals surface area (Å²) in [5.41, 5.74) is 3.00. The summed E-state index contributed by atoms with van der Waals surface area (Å²) in [6, 6.07) is 20.7. The summed E-state index contributed by atoms with van der Waals surface area (Å²) in [4.78, 5) is 16.4. The van der Waals surface area contributed by atoms with Gasteiger partial charge in [-0.05, 0) is 36.4 Å². The lowest BCUT2D eigenvalue weighted by Crippen LogP contribution is -2.13. The normalized spacial score (nSPS) is 10.0. The van der Waals surface area contributed by atoms with Gasteiger partial charge in [-0.15, -0.1) is 0 Å². The maximum absolute atomic E-state index is 12.5. The summed E-state index contributed by atoms with van der Waals surface area (Å²) < 4.78 is 0. The molecule has 3 rings (SSSR count). The molecule has 0 spiro atoms. The Morgan fingerprint density at radius 1 is 0.773 bits per heavy atom. The first-order valence-electron chi connectivity index (χ1n) is 6.95. The van der Waals surface area contributed by atoms with Crippen LogP contribution in [0.5, 0.6) is 0 Å². The third kappa shape index (κ3) is 3.30. The number of carbonyl (C=O) groups excluding carboxylic acids is 1. The van der Waals surface area contributed by atoms with E-state index in [1.807, 2.05) is 48.5 Å². The number of hydrogen-bond acceptors (Lipinski definition) is 3. The Morgan fingerprint density at radius 2 is 1.45 bits per heavy atom. The van der Waals surface area contributed by atoms with E-state index >= 15 is 0 Å². The summed E-state index contributed by atoms with van der Waals surface area (Å²) in [6.45, 7) is 0. The molecule has 0 fully saturated rings. The van der Waals surface area contributed by atoms with Crippen molar-refractivity contribution >= 4 is 23.0 Å². The number of benzene rings is 2. The van der Waals surface area contributed by atoms with E-state index in [1.54, 1.807) is 30.6 Å². The molecule has 0 saturated heterocycles. The number of nitrogens with one attached hydrogen (secondary N) is 2. The summed E-state index contributed by atoms with van der Waals surface area (Å²) >= 11 is 0. The molecule has 4 heteroatoms. The minimum Gasteiger partial charge on any atom is -0.355 e. The number of anilines is 3. The van der Waals surface area contributed by atoms with Crippen molar-refractivity contribution in [2.45, 2.75) is 0 Å². The quantitative estimate of drug-likeness (QED) is 0.761. The van der Waals surface area contributed by atoms with Crippen LogP contribution in [0.25, 0.3) is 0 Å². The second-order valence-electron chi connectivity index (χ2n) is 4.73. The van der Waals surface area contributed by atoms with E-state index < -0.39 is 0 Å². The molecule has 0 aliphatic rings. The molecule has 0 unspecified atom stereocenters. The molecule has 0 bridgehead atoms. The SMILES string of the molecule is O=C(Nc1ccncc1)c1ccccc1Nc1ccccc1. The van der Waals surface area contributed by atoms with Crippen molar-refractivity contribution < 1.29 is 4.79 Å². The Kier molecular flexibility index (Phi) is 4.11. The van der Waals surface area contributed by atoms with Crippen LogP contribution in [-0.2, 0) is 0 Å². The van der Waals surface area contributed by atoms with Gasteiger partial charge in [-0.3, -0.25) is 9.78 Å². The molecule has 0 aliphatic heterocycles. The fourth-order valence-electron chi connectivity index (χ4n) is 2.10. The molecule has 1 aromatic heterocycles. The number of pyridine rings is 1. The molecule has 0 saturated carbocycles. The van der Waals surface area contributed by atoms with Gasteiger partial charge in [-0.1, -0.05) is 30.3 Å². The van der Waals surface area contributed by atoms with Crippen molar-refractivity contribution in [1.82, 2.24) is 4.98 Å². The van der Waals surface area contributed by atoms with Crippen molar-refractivity contribution in [3.63, 3.8) is 0 Å². The first kappa shape index (κ1) is 13.8. The third-order valence-corrected chi connectivity index (χ3v) is 3.16. The van der Waals surface area contributed by atoms with Crippen LogP contribution in [-0.4, -0.2) is 10.9 Å². The van der Waals surface area contributed by atoms with E-state index in [4.69, 9.17) is 0 Å². The highest BCUT2D eigenvalue weighted by atomic mass is 16.1. The second-order valence-corrected chi connectivity index (χ2v) is 4.73. The number of aromatic nitrogens is 1. The van der Waals surface area contributed by atoms with Gasteiger partial charge in [-0.25, -0.2) is 0 Å². The minimum atomic E-state index is -0.162. The van der Waals surface area contributed by atoms with E-state index in [-0.39, 0.29) is 5.91 Å². The van der Waals surface area contributed by atoms with Crippen LogP contribution in [0.15, 0.2) is 79.1 Å². The smallest absolute Gasteiger partial charge is 0.257 e. The summed E-state index contributed by atoms with van der Waals surface area (Å²) in [7, 11) is 0. The van der Waals surface area contributed by atoms with Gasteiger partial charge in [0, 0.05) is 23.8 Å². The van der Waals surface area contributed by atoms with Gasteiger partial charge >= 0.3 is 0 Å². The molecule has 0 aliphatic carbocycles. The van der Waals surface area contributed by atoms with Crippen LogP contribution < -0.4 is 10.6 Å². The number of nitrogens with zero attached hydrogens (tertiary/aromatic N) is 1. The first-order chi connectivity index (χ1) is 10.8. The predicted molar refractivity (Wildman–Crippen MR) is 88.4 cm³/mol. The predicted octanol–water partition coefficient (Wildman–Crippen LogP) is 4.08.